The van der Waals surface area contributed by atoms with E-state index < -0.39 is 0 Å². The second-order valence-corrected chi connectivity index (χ2v) is 3.95. The zero-order valence-electron chi connectivity index (χ0n) is 10.4. The number of hydrogen-bond acceptors (Lipinski definition) is 4. The Kier molecular flexibility index (Phi) is 6.21. The average molecular weight is 239 g/mol. The predicted molar refractivity (Wildman–Crippen MR) is 71.0 cm³/mol. The molecule has 1 aromatic carbocycles. The van der Waals surface area contributed by atoms with Crippen LogP contribution in [0.2, 0.25) is 0 Å². The van der Waals surface area contributed by atoms with Crippen LogP contribution in [-0.2, 0) is 0 Å². The van der Waals surface area contributed by atoms with Crippen molar-refractivity contribution < 1.29 is 10.1 Å². The second kappa shape index (κ2) is 7.76. The number of likely N-dealkylation sites (N-methyl/N-ethyl adjacent to an activating group) is 1. The Morgan fingerprint density at radius 3 is 2.88 bits per heavy atom. The summed E-state index contributed by atoms with van der Waals surface area (Å²) in [6.45, 7) is 3.73. The van der Waals surface area contributed by atoms with E-state index in [-0.39, 0.29) is 0 Å². The summed E-state index contributed by atoms with van der Waals surface area (Å²) < 4.78 is 5.57. The fourth-order valence-electron chi connectivity index (χ4n) is 1.43. The largest absolute Gasteiger partial charge is 0.491 e. The van der Waals surface area contributed by atoms with Gasteiger partial charge in [-0.15, -0.1) is 0 Å². The highest BCUT2D eigenvalue weighted by Crippen LogP contribution is 2.23. The Bertz CT molecular complexity index is 330. The Balaban J connectivity index is 2.15. The molecule has 0 fully saturated rings. The second-order valence-electron chi connectivity index (χ2n) is 3.95. The average Bonchev–Trinajstić information content (AvgIpc) is 2.32. The first-order valence-corrected chi connectivity index (χ1v) is 6.00. The molecule has 0 saturated heterocycles. The normalized spacial score (nSPS) is 10.4. The summed E-state index contributed by atoms with van der Waals surface area (Å²) in [6, 6.07) is 5.29. The van der Waals surface area contributed by atoms with E-state index in [4.69, 9.17) is 16.2 Å². The molecule has 0 radical (unpaired) electrons. The van der Waals surface area contributed by atoms with Gasteiger partial charge in [-0.3, -0.25) is 0 Å². The van der Waals surface area contributed by atoms with Gasteiger partial charge in [-0.25, -0.2) is 0 Å². The van der Waals surface area contributed by atoms with Crippen LogP contribution in [0, 0.1) is 0 Å². The van der Waals surface area contributed by atoms with Gasteiger partial charge in [0.1, 0.15) is 5.75 Å². The third-order valence-corrected chi connectivity index (χ3v) is 2.40. The third-order valence-electron chi connectivity index (χ3n) is 2.40. The molecule has 7 N–H and O–H groups in total. The predicted octanol–water partition coefficient (Wildman–Crippen LogP) is -0.597. The van der Waals surface area contributed by atoms with Gasteiger partial charge >= 0.3 is 0 Å². The van der Waals surface area contributed by atoms with Crippen LogP contribution in [0.5, 0.6) is 5.75 Å². The molecular weight excluding hydrogens is 216 g/mol. The van der Waals surface area contributed by atoms with Crippen LogP contribution >= 0.6 is 0 Å². The number of anilines is 2. The molecular formula is C12H23N4O+. The standard InChI is InChI=1S/C12H22N4O/c1-15-6-7-16-5-2-8-17-12-9-10(13)3-4-11(12)14/h3-4,9,15-16H,2,5-8,13-14H2,1H3/p+1. The zero-order valence-corrected chi connectivity index (χ0v) is 10.4. The molecule has 0 amide bonds. The van der Waals surface area contributed by atoms with Gasteiger partial charge in [0.05, 0.1) is 25.9 Å². The van der Waals surface area contributed by atoms with E-state index in [1.165, 1.54) is 0 Å². The van der Waals surface area contributed by atoms with E-state index in [2.05, 4.69) is 17.7 Å². The van der Waals surface area contributed by atoms with Gasteiger partial charge in [-0.2, -0.15) is 0 Å². The van der Waals surface area contributed by atoms with E-state index in [0.717, 1.165) is 26.1 Å². The number of rotatable bonds is 8. The third kappa shape index (κ3) is 5.42. The van der Waals surface area contributed by atoms with Crippen molar-refractivity contribution in [3.8, 4) is 5.75 Å². The maximum Gasteiger partial charge on any atom is 0.144 e. The van der Waals surface area contributed by atoms with Gasteiger partial charge in [0, 0.05) is 18.3 Å². The van der Waals surface area contributed by atoms with Crippen molar-refractivity contribution in [1.29, 1.82) is 0 Å². The summed E-state index contributed by atoms with van der Waals surface area (Å²) in [7, 11) is 2.06. The highest BCUT2D eigenvalue weighted by molar-refractivity contribution is 5.59. The summed E-state index contributed by atoms with van der Waals surface area (Å²) in [5.41, 5.74) is 12.7. The molecule has 0 heterocycles. The van der Waals surface area contributed by atoms with E-state index in [1.54, 1.807) is 18.2 Å². The highest BCUT2D eigenvalue weighted by atomic mass is 16.5. The Hall–Kier alpha value is -1.46. The van der Waals surface area contributed by atoms with E-state index in [9.17, 15) is 0 Å². The Morgan fingerprint density at radius 1 is 1.29 bits per heavy atom. The molecule has 17 heavy (non-hydrogen) atoms. The molecule has 0 aromatic heterocycles. The van der Waals surface area contributed by atoms with Gasteiger partial charge in [0.15, 0.2) is 0 Å². The van der Waals surface area contributed by atoms with Crippen molar-refractivity contribution in [3.63, 3.8) is 0 Å². The number of nitrogens with two attached hydrogens (primary N) is 3. The highest BCUT2D eigenvalue weighted by Gasteiger charge is 2.00. The van der Waals surface area contributed by atoms with Crippen LogP contribution < -0.4 is 26.8 Å². The zero-order chi connectivity index (χ0) is 12.5. The number of hydrogen-bond donors (Lipinski definition) is 4. The fourth-order valence-corrected chi connectivity index (χ4v) is 1.43. The van der Waals surface area contributed by atoms with Crippen molar-refractivity contribution >= 4 is 11.4 Å². The van der Waals surface area contributed by atoms with Gasteiger partial charge in [0.2, 0.25) is 0 Å². The number of ether oxygens (including phenoxy) is 1. The molecule has 0 saturated carbocycles. The number of quaternary nitrogens is 1. The maximum absolute atomic E-state index is 5.77. The maximum atomic E-state index is 5.77. The monoisotopic (exact) mass is 239 g/mol. The van der Waals surface area contributed by atoms with Gasteiger partial charge in [-0.05, 0) is 25.1 Å². The minimum Gasteiger partial charge on any atom is -0.491 e. The molecule has 96 valence electrons. The molecule has 5 nitrogen and oxygen atoms in total. The lowest BCUT2D eigenvalue weighted by Crippen LogP contribution is -2.81. The van der Waals surface area contributed by atoms with Crippen LogP contribution in [-0.4, -0.2) is 33.3 Å². The Morgan fingerprint density at radius 2 is 2.12 bits per heavy atom. The van der Waals surface area contributed by atoms with Crippen molar-refractivity contribution in [2.75, 3.05) is 44.8 Å². The molecule has 0 unspecified atom stereocenters. The first-order valence-electron chi connectivity index (χ1n) is 6.00. The van der Waals surface area contributed by atoms with Crippen molar-refractivity contribution in [1.82, 2.24) is 5.32 Å². The van der Waals surface area contributed by atoms with E-state index in [0.29, 0.717) is 23.7 Å². The smallest absolute Gasteiger partial charge is 0.144 e. The number of nitrogens with one attached hydrogen (secondary N) is 1. The summed E-state index contributed by atoms with van der Waals surface area (Å²) in [5.74, 6) is 0.673. The minimum absolute atomic E-state index is 0.632. The fraction of sp³-hybridized carbons (Fsp3) is 0.500. The molecule has 0 spiro atoms. The van der Waals surface area contributed by atoms with Crippen molar-refractivity contribution in [2.45, 2.75) is 6.42 Å². The molecule has 5 heteroatoms. The van der Waals surface area contributed by atoms with Crippen molar-refractivity contribution in [2.24, 2.45) is 0 Å². The minimum atomic E-state index is 0.632. The van der Waals surface area contributed by atoms with E-state index >= 15 is 0 Å². The Labute approximate surface area is 103 Å². The first-order chi connectivity index (χ1) is 8.24. The molecule has 0 aliphatic heterocycles. The summed E-state index contributed by atoms with van der Waals surface area (Å²) in [4.78, 5) is 0. The van der Waals surface area contributed by atoms with E-state index in [1.807, 2.05) is 0 Å². The lowest BCUT2D eigenvalue weighted by molar-refractivity contribution is -0.625. The van der Waals surface area contributed by atoms with Crippen LogP contribution in [0.3, 0.4) is 0 Å². The number of nitrogen functional groups attached to an aromatic ring is 2. The quantitative estimate of drug-likeness (QED) is 0.360. The molecule has 0 bridgehead atoms. The van der Waals surface area contributed by atoms with Crippen LogP contribution in [0.4, 0.5) is 11.4 Å². The lowest BCUT2D eigenvalue weighted by atomic mass is 10.2. The molecule has 0 atom stereocenters. The van der Waals surface area contributed by atoms with Crippen LogP contribution in [0.15, 0.2) is 18.2 Å². The molecule has 0 aliphatic carbocycles. The van der Waals surface area contributed by atoms with Gasteiger partial charge < -0.3 is 26.8 Å². The van der Waals surface area contributed by atoms with Gasteiger partial charge in [-0.1, -0.05) is 0 Å². The summed E-state index contributed by atoms with van der Waals surface area (Å²) in [6.07, 6.45) is 0.956. The van der Waals surface area contributed by atoms with Gasteiger partial charge in [0.25, 0.3) is 0 Å². The molecule has 1 aromatic rings. The topological polar surface area (TPSA) is 89.9 Å². The van der Waals surface area contributed by atoms with Crippen LogP contribution in [0.1, 0.15) is 6.42 Å². The summed E-state index contributed by atoms with van der Waals surface area (Å²) in [5, 5.41) is 5.48. The SMILES string of the molecule is C[NH2+]CCNCCCOc1cc(N)ccc1N. The number of benzene rings is 1. The first kappa shape index (κ1) is 13.6. The van der Waals surface area contributed by atoms with Crippen molar-refractivity contribution in [3.05, 3.63) is 18.2 Å². The lowest BCUT2D eigenvalue weighted by Gasteiger charge is -2.09. The molecule has 1 rings (SSSR count). The molecule has 0 aliphatic rings. The van der Waals surface area contributed by atoms with Crippen LogP contribution in [0.25, 0.3) is 0 Å². The summed E-state index contributed by atoms with van der Waals surface area (Å²) >= 11 is 0.